The Morgan fingerprint density at radius 1 is 0.314 bits per heavy atom. The quantitative estimate of drug-likeness (QED) is 0.137. The Morgan fingerprint density at radius 2 is 0.902 bits per heavy atom. The summed E-state index contributed by atoms with van der Waals surface area (Å²) >= 11 is 0. The number of rotatable bonds is 3. The molecule has 0 aliphatic carbocycles. The van der Waals surface area contributed by atoms with Crippen molar-refractivity contribution in [1.29, 1.82) is 0 Å². The maximum Gasteiger partial charge on any atom is 0.136 e. The molecule has 10 aromatic carbocycles. The van der Waals surface area contributed by atoms with Crippen LogP contribution in [0.4, 0.5) is 0 Å². The Labute approximate surface area is 304 Å². The average Bonchev–Trinajstić information content (AvgIpc) is 3.65. The maximum absolute atomic E-state index is 9.33. The number of para-hydroxylation sites is 1. The summed E-state index contributed by atoms with van der Waals surface area (Å²) < 4.78 is 68.3. The van der Waals surface area contributed by atoms with Gasteiger partial charge in [0.1, 0.15) is 11.2 Å². The second-order valence-electron chi connectivity index (χ2n) is 13.0. The van der Waals surface area contributed by atoms with Crippen LogP contribution in [0.2, 0.25) is 0 Å². The summed E-state index contributed by atoms with van der Waals surface area (Å²) in [5, 5.41) is 9.82. The van der Waals surface area contributed by atoms with Crippen molar-refractivity contribution >= 4 is 75.8 Å². The summed E-state index contributed by atoms with van der Waals surface area (Å²) in [6.07, 6.45) is 0. The molecule has 51 heavy (non-hydrogen) atoms. The van der Waals surface area contributed by atoms with Gasteiger partial charge in [-0.15, -0.1) is 0 Å². The van der Waals surface area contributed by atoms with E-state index in [1.807, 2.05) is 66.7 Å². The fraction of sp³-hybridized carbons (Fsp3) is 0. The average molecular weight is 654 g/mol. The first-order chi connectivity index (χ1) is 28.2. The van der Waals surface area contributed by atoms with Crippen LogP contribution in [0.1, 0.15) is 9.60 Å². The van der Waals surface area contributed by atoms with Crippen LogP contribution in [0.15, 0.2) is 186 Å². The van der Waals surface area contributed by atoms with Crippen LogP contribution in [-0.4, -0.2) is 0 Å². The predicted molar refractivity (Wildman–Crippen MR) is 218 cm³/mol. The van der Waals surface area contributed by atoms with Gasteiger partial charge in [-0.25, -0.2) is 0 Å². The van der Waals surface area contributed by atoms with E-state index in [4.69, 9.17) is 12.6 Å². The van der Waals surface area contributed by atoms with Gasteiger partial charge in [-0.05, 0) is 99.4 Å². The first-order valence-electron chi connectivity index (χ1n) is 20.5. The van der Waals surface area contributed by atoms with Gasteiger partial charge in [0.05, 0.1) is 9.60 Å². The van der Waals surface area contributed by atoms with Crippen LogP contribution in [0.5, 0.6) is 0 Å². The van der Waals surface area contributed by atoms with Crippen molar-refractivity contribution in [2.24, 2.45) is 0 Å². The summed E-state index contributed by atoms with van der Waals surface area (Å²) in [5.41, 5.74) is 6.61. The molecule has 1 aromatic heterocycles. The van der Waals surface area contributed by atoms with E-state index in [0.29, 0.717) is 5.56 Å². The summed E-state index contributed by atoms with van der Waals surface area (Å²) in [4.78, 5) is 0. The Morgan fingerprint density at radius 3 is 1.69 bits per heavy atom. The van der Waals surface area contributed by atoms with E-state index in [0.717, 1.165) is 87.3 Å². The highest BCUT2D eigenvalue weighted by molar-refractivity contribution is 6.28. The minimum atomic E-state index is -0.473. The van der Waals surface area contributed by atoms with Gasteiger partial charge in [0, 0.05) is 10.8 Å². The molecule has 0 saturated heterocycles. The second kappa shape index (κ2) is 10.9. The molecule has 0 aliphatic heterocycles. The minimum absolute atomic E-state index is 0.0619. The zero-order valence-corrected chi connectivity index (χ0v) is 27.2. The first kappa shape index (κ1) is 22.1. The molecule has 0 aliphatic rings. The van der Waals surface area contributed by atoms with E-state index in [-0.39, 0.29) is 40.5 Å². The van der Waals surface area contributed by atoms with Crippen LogP contribution in [-0.2, 0) is 0 Å². The van der Waals surface area contributed by atoms with Gasteiger partial charge in [-0.3, -0.25) is 0 Å². The summed E-state index contributed by atoms with van der Waals surface area (Å²) in [7, 11) is 0. The molecule has 0 atom stereocenters. The van der Waals surface area contributed by atoms with Gasteiger partial charge in [-0.1, -0.05) is 170 Å². The monoisotopic (exact) mass is 653 g/mol. The van der Waals surface area contributed by atoms with Gasteiger partial charge in [0.15, 0.2) is 0 Å². The molecule has 0 unspecified atom stereocenters. The molecule has 0 saturated carbocycles. The zero-order chi connectivity index (χ0) is 39.6. The Hall–Kier alpha value is -6.70. The molecular weight excluding hydrogens is 617 g/mol. The lowest BCUT2D eigenvalue weighted by Gasteiger charge is -2.21. The minimum Gasteiger partial charge on any atom is -0.456 e. The number of benzene rings is 10. The topological polar surface area (TPSA) is 13.1 Å². The highest BCUT2D eigenvalue weighted by Crippen LogP contribution is 2.49. The first-order valence-corrected chi connectivity index (χ1v) is 17.0. The second-order valence-corrected chi connectivity index (χ2v) is 13.0. The van der Waals surface area contributed by atoms with E-state index >= 15 is 0 Å². The molecule has 0 N–H and O–H groups in total. The van der Waals surface area contributed by atoms with E-state index < -0.39 is 18.1 Å². The van der Waals surface area contributed by atoms with Crippen LogP contribution >= 0.6 is 0 Å². The van der Waals surface area contributed by atoms with Crippen LogP contribution in [0.25, 0.3) is 109 Å². The highest BCUT2D eigenvalue weighted by atomic mass is 16.3. The van der Waals surface area contributed by atoms with Crippen molar-refractivity contribution in [3.63, 3.8) is 0 Å². The highest BCUT2D eigenvalue weighted by Gasteiger charge is 2.22. The molecule has 0 bridgehead atoms. The fourth-order valence-corrected chi connectivity index (χ4v) is 8.26. The molecule has 11 rings (SSSR count). The Kier molecular flexibility index (Phi) is 4.73. The zero-order valence-electron chi connectivity index (χ0n) is 34.2. The third-order valence-corrected chi connectivity index (χ3v) is 10.4. The van der Waals surface area contributed by atoms with Crippen LogP contribution < -0.4 is 0 Å². The molecule has 1 heteroatoms. The molecule has 236 valence electrons. The molecule has 0 fully saturated rings. The molecule has 0 radical (unpaired) electrons. The smallest absolute Gasteiger partial charge is 0.136 e. The lowest BCUT2D eigenvalue weighted by molar-refractivity contribution is 0.669. The number of furan rings is 1. The number of hydrogen-bond donors (Lipinski definition) is 0. The van der Waals surface area contributed by atoms with Crippen molar-refractivity contribution in [2.75, 3.05) is 0 Å². The number of hydrogen-bond acceptors (Lipinski definition) is 1. The molecule has 1 nitrogen and oxygen atoms in total. The van der Waals surface area contributed by atoms with Crippen molar-refractivity contribution in [2.45, 2.75) is 0 Å². The van der Waals surface area contributed by atoms with Gasteiger partial charge in [0.2, 0.25) is 0 Å². The van der Waals surface area contributed by atoms with E-state index in [1.54, 1.807) is 0 Å². The van der Waals surface area contributed by atoms with Crippen molar-refractivity contribution in [3.8, 4) is 33.4 Å². The van der Waals surface area contributed by atoms with Crippen LogP contribution in [0, 0.1) is 0 Å². The van der Waals surface area contributed by atoms with Crippen molar-refractivity contribution in [3.05, 3.63) is 182 Å². The Bertz CT molecular complexity index is 3540. The van der Waals surface area contributed by atoms with Crippen molar-refractivity contribution < 1.29 is 14.0 Å². The van der Waals surface area contributed by atoms with E-state index in [2.05, 4.69) is 72.8 Å². The predicted octanol–water partition coefficient (Wildman–Crippen LogP) is 14.4. The van der Waals surface area contributed by atoms with Gasteiger partial charge >= 0.3 is 0 Å². The summed E-state index contributed by atoms with van der Waals surface area (Å²) in [6, 6.07) is 44.8. The molecular formula is C50H30O. The summed E-state index contributed by atoms with van der Waals surface area (Å²) in [6.45, 7) is 0. The van der Waals surface area contributed by atoms with Gasteiger partial charge < -0.3 is 4.42 Å². The van der Waals surface area contributed by atoms with Crippen LogP contribution in [0.3, 0.4) is 0 Å². The van der Waals surface area contributed by atoms with Crippen molar-refractivity contribution in [1.82, 2.24) is 0 Å². The molecule has 0 amide bonds. The van der Waals surface area contributed by atoms with E-state index in [1.165, 1.54) is 0 Å². The SMILES string of the molecule is [2H]c1c([2H])c([2H])c2c(-c3c4ccccc4c(-c4ccc(-c5cccc6oc7ccccc7c56)c5c4ccc4ccccc45)c4ccccc34)c([2H])c([2H])c([2H])c2c1[2H]. The summed E-state index contributed by atoms with van der Waals surface area (Å²) in [5.74, 6) is 0. The third-order valence-electron chi connectivity index (χ3n) is 10.4. The van der Waals surface area contributed by atoms with Gasteiger partial charge in [-0.2, -0.15) is 0 Å². The molecule has 11 aromatic rings. The normalized spacial score (nSPS) is 13.8. The third kappa shape index (κ3) is 4.09. The van der Waals surface area contributed by atoms with E-state index in [9.17, 15) is 1.37 Å². The molecule has 1 heterocycles. The van der Waals surface area contributed by atoms with Gasteiger partial charge in [0.25, 0.3) is 0 Å². The largest absolute Gasteiger partial charge is 0.456 e. The lowest BCUT2D eigenvalue weighted by Crippen LogP contribution is -1.93. The number of fused-ring (bicyclic) bond motifs is 9. The standard InChI is InChI=1S/C50H30O/c1-3-16-33-31(13-1)15-11-23-35(33)48-36-18-5-7-20-38(36)49(39-21-8-6-19-37(39)48)43-30-29-42(47-34-17-4-2-14-32(34)27-28-41(43)47)40-24-12-26-46-50(40)44-22-9-10-25-45(44)51-46/h1-30H/i1D,3D,11D,13D,15D,16D,23D. The maximum atomic E-state index is 9.33. The lowest BCUT2D eigenvalue weighted by atomic mass is 9.82. The fourth-order valence-electron chi connectivity index (χ4n) is 8.26. The Balaban J connectivity index is 1.30. The molecule has 0 spiro atoms.